The van der Waals surface area contributed by atoms with Crippen LogP contribution in [0.4, 0.5) is 0 Å². The molecule has 0 amide bonds. The Labute approximate surface area is 105 Å². The van der Waals surface area contributed by atoms with E-state index in [1.807, 2.05) is 13.2 Å². The molecule has 1 aliphatic rings. The first-order chi connectivity index (χ1) is 8.24. The summed E-state index contributed by atoms with van der Waals surface area (Å²) >= 11 is 0. The maximum atomic E-state index is 6.00. The van der Waals surface area contributed by atoms with Crippen LogP contribution in [0.2, 0.25) is 0 Å². The van der Waals surface area contributed by atoms with Gasteiger partial charge in [0.2, 0.25) is 0 Å². The topological polar surface area (TPSA) is 56.5 Å². The zero-order chi connectivity index (χ0) is 12.7. The van der Waals surface area contributed by atoms with Gasteiger partial charge in [-0.3, -0.25) is 11.3 Å². The average Bonchev–Trinajstić information content (AvgIpc) is 2.39. The van der Waals surface area contributed by atoms with Crippen molar-refractivity contribution in [2.75, 3.05) is 13.2 Å². The number of rotatable bonds is 7. The lowest BCUT2D eigenvalue weighted by molar-refractivity contribution is -0.0655. The van der Waals surface area contributed by atoms with Gasteiger partial charge >= 0.3 is 0 Å². The molecule has 100 valence electrons. The monoisotopic (exact) mass is 242 g/mol. The largest absolute Gasteiger partial charge is 0.501 e. The van der Waals surface area contributed by atoms with Crippen molar-refractivity contribution >= 4 is 0 Å². The summed E-state index contributed by atoms with van der Waals surface area (Å²) in [6.45, 7) is 7.83. The van der Waals surface area contributed by atoms with Crippen LogP contribution in [0.3, 0.4) is 0 Å². The van der Waals surface area contributed by atoms with Gasteiger partial charge in [-0.2, -0.15) is 0 Å². The van der Waals surface area contributed by atoms with Gasteiger partial charge in [-0.25, -0.2) is 0 Å². The molecule has 3 N–H and O–H groups in total. The highest BCUT2D eigenvalue weighted by Crippen LogP contribution is 2.31. The summed E-state index contributed by atoms with van der Waals surface area (Å²) in [6.07, 6.45) is 5.81. The van der Waals surface area contributed by atoms with Crippen LogP contribution in [0.25, 0.3) is 0 Å². The lowest BCUT2D eigenvalue weighted by Gasteiger charge is -2.40. The molecule has 17 heavy (non-hydrogen) atoms. The van der Waals surface area contributed by atoms with Crippen molar-refractivity contribution in [2.24, 2.45) is 5.84 Å². The quantitative estimate of drug-likeness (QED) is 0.530. The molecule has 0 fully saturated rings. The second-order valence-corrected chi connectivity index (χ2v) is 4.47. The summed E-state index contributed by atoms with van der Waals surface area (Å²) in [4.78, 5) is 0. The molecule has 0 saturated heterocycles. The number of nitrogens with two attached hydrogens (primary N) is 1. The van der Waals surface area contributed by atoms with Crippen molar-refractivity contribution in [1.29, 1.82) is 0 Å². The maximum absolute atomic E-state index is 6.00. The zero-order valence-corrected chi connectivity index (χ0v) is 11.3. The van der Waals surface area contributed by atoms with Gasteiger partial charge in [0.1, 0.15) is 0 Å². The van der Waals surface area contributed by atoms with Gasteiger partial charge < -0.3 is 9.47 Å². The SMILES string of the molecule is CCOC(CC)(CC)C(NN)C1=COCCC1. The number of nitrogens with one attached hydrogen (secondary N) is 1. The molecule has 1 aliphatic heterocycles. The summed E-state index contributed by atoms with van der Waals surface area (Å²) in [5.74, 6) is 5.74. The predicted molar refractivity (Wildman–Crippen MR) is 69.3 cm³/mol. The van der Waals surface area contributed by atoms with Crippen LogP contribution in [-0.2, 0) is 9.47 Å². The van der Waals surface area contributed by atoms with E-state index in [9.17, 15) is 0 Å². The summed E-state index contributed by atoms with van der Waals surface area (Å²) in [7, 11) is 0. The van der Waals surface area contributed by atoms with Crippen LogP contribution in [0, 0.1) is 0 Å². The normalized spacial score (nSPS) is 18.5. The van der Waals surface area contributed by atoms with Gasteiger partial charge in [-0.1, -0.05) is 13.8 Å². The molecule has 0 saturated carbocycles. The second kappa shape index (κ2) is 6.99. The molecule has 0 aliphatic carbocycles. The van der Waals surface area contributed by atoms with Crippen molar-refractivity contribution in [2.45, 2.75) is 58.1 Å². The van der Waals surface area contributed by atoms with Gasteiger partial charge in [0.15, 0.2) is 0 Å². The Bertz CT molecular complexity index is 250. The van der Waals surface area contributed by atoms with E-state index in [4.69, 9.17) is 15.3 Å². The fraction of sp³-hybridized carbons (Fsp3) is 0.846. The molecule has 0 radical (unpaired) electrons. The standard InChI is InChI=1S/C13H26N2O2/c1-4-13(5-2,17-6-3)12(15-14)11-8-7-9-16-10-11/h10,12,15H,4-9,14H2,1-3H3. The van der Waals surface area contributed by atoms with E-state index in [0.717, 1.165) is 32.3 Å². The fourth-order valence-electron chi connectivity index (χ4n) is 2.63. The van der Waals surface area contributed by atoms with Crippen molar-refractivity contribution < 1.29 is 9.47 Å². The van der Waals surface area contributed by atoms with Crippen LogP contribution in [0.1, 0.15) is 46.5 Å². The number of hydrogen-bond donors (Lipinski definition) is 2. The Morgan fingerprint density at radius 1 is 1.47 bits per heavy atom. The van der Waals surface area contributed by atoms with E-state index in [-0.39, 0.29) is 11.6 Å². The zero-order valence-electron chi connectivity index (χ0n) is 11.3. The van der Waals surface area contributed by atoms with E-state index < -0.39 is 0 Å². The lowest BCUT2D eigenvalue weighted by Crippen LogP contribution is -2.55. The minimum Gasteiger partial charge on any atom is -0.501 e. The van der Waals surface area contributed by atoms with Crippen LogP contribution in [0.15, 0.2) is 11.8 Å². The third kappa shape index (κ3) is 3.21. The van der Waals surface area contributed by atoms with Gasteiger partial charge in [-0.05, 0) is 38.2 Å². The van der Waals surface area contributed by atoms with E-state index in [1.165, 1.54) is 5.57 Å². The van der Waals surface area contributed by atoms with Crippen LogP contribution >= 0.6 is 0 Å². The molecule has 0 bridgehead atoms. The molecule has 0 spiro atoms. The fourth-order valence-corrected chi connectivity index (χ4v) is 2.63. The Balaban J connectivity index is 2.90. The van der Waals surface area contributed by atoms with Crippen molar-refractivity contribution in [3.63, 3.8) is 0 Å². The van der Waals surface area contributed by atoms with Crippen LogP contribution < -0.4 is 11.3 Å². The second-order valence-electron chi connectivity index (χ2n) is 4.47. The third-order valence-electron chi connectivity index (χ3n) is 3.65. The number of ether oxygens (including phenoxy) is 2. The molecule has 4 heteroatoms. The molecule has 1 rings (SSSR count). The number of hydrazine groups is 1. The summed E-state index contributed by atoms with van der Waals surface area (Å²) in [5, 5.41) is 0. The summed E-state index contributed by atoms with van der Waals surface area (Å²) in [5.41, 5.74) is 3.92. The average molecular weight is 242 g/mol. The Hall–Kier alpha value is -0.580. The van der Waals surface area contributed by atoms with Crippen molar-refractivity contribution in [3.8, 4) is 0 Å². The molecule has 4 nitrogen and oxygen atoms in total. The highest BCUT2D eigenvalue weighted by Gasteiger charge is 2.38. The van der Waals surface area contributed by atoms with Gasteiger partial charge in [-0.15, -0.1) is 0 Å². The molecule has 1 unspecified atom stereocenters. The first-order valence-electron chi connectivity index (χ1n) is 6.64. The lowest BCUT2D eigenvalue weighted by atomic mass is 9.82. The minimum atomic E-state index is -0.226. The summed E-state index contributed by atoms with van der Waals surface area (Å²) in [6, 6.07) is 0.0396. The van der Waals surface area contributed by atoms with Crippen molar-refractivity contribution in [3.05, 3.63) is 11.8 Å². The maximum Gasteiger partial charge on any atom is 0.0881 e. The molecule has 0 aromatic heterocycles. The summed E-state index contributed by atoms with van der Waals surface area (Å²) < 4.78 is 11.4. The molecule has 1 atom stereocenters. The van der Waals surface area contributed by atoms with E-state index in [0.29, 0.717) is 6.61 Å². The van der Waals surface area contributed by atoms with E-state index in [1.54, 1.807) is 0 Å². The third-order valence-corrected chi connectivity index (χ3v) is 3.65. The van der Waals surface area contributed by atoms with Gasteiger partial charge in [0.05, 0.1) is 24.5 Å². The minimum absolute atomic E-state index is 0.0396. The molecule has 0 aromatic carbocycles. The van der Waals surface area contributed by atoms with Gasteiger partial charge in [0, 0.05) is 6.61 Å². The van der Waals surface area contributed by atoms with Crippen LogP contribution in [-0.4, -0.2) is 24.9 Å². The molecular weight excluding hydrogens is 216 g/mol. The molecule has 1 heterocycles. The molecule has 0 aromatic rings. The van der Waals surface area contributed by atoms with E-state index in [2.05, 4.69) is 19.3 Å². The Morgan fingerprint density at radius 2 is 2.18 bits per heavy atom. The first kappa shape index (κ1) is 14.5. The predicted octanol–water partition coefficient (Wildman–Crippen LogP) is 2.11. The van der Waals surface area contributed by atoms with E-state index >= 15 is 0 Å². The van der Waals surface area contributed by atoms with Crippen molar-refractivity contribution in [1.82, 2.24) is 5.43 Å². The molecular formula is C13H26N2O2. The highest BCUT2D eigenvalue weighted by molar-refractivity contribution is 5.16. The first-order valence-corrected chi connectivity index (χ1v) is 6.64. The Kier molecular flexibility index (Phi) is 5.95. The highest BCUT2D eigenvalue weighted by atomic mass is 16.5. The van der Waals surface area contributed by atoms with Gasteiger partial charge in [0.25, 0.3) is 0 Å². The Morgan fingerprint density at radius 3 is 2.59 bits per heavy atom. The number of hydrogen-bond acceptors (Lipinski definition) is 4. The smallest absolute Gasteiger partial charge is 0.0881 e. The van der Waals surface area contributed by atoms with Crippen LogP contribution in [0.5, 0.6) is 0 Å².